The first-order valence-corrected chi connectivity index (χ1v) is 9.38. The molecular formula is C20H33ClN2O3. The summed E-state index contributed by atoms with van der Waals surface area (Å²) in [7, 11) is 0. The van der Waals surface area contributed by atoms with E-state index in [2.05, 4.69) is 19.9 Å². The van der Waals surface area contributed by atoms with Gasteiger partial charge in [0.15, 0.2) is 6.10 Å². The Labute approximate surface area is 163 Å². The van der Waals surface area contributed by atoms with Crippen molar-refractivity contribution >= 4 is 18.3 Å². The number of ether oxygens (including phenoxy) is 2. The number of carbonyl (C=O) groups excluding carboxylic acids is 1. The topological polar surface area (TPSA) is 64.8 Å². The van der Waals surface area contributed by atoms with Gasteiger partial charge in [0.2, 0.25) is 0 Å². The number of benzene rings is 1. The van der Waals surface area contributed by atoms with Crippen molar-refractivity contribution in [1.29, 1.82) is 0 Å². The standard InChI is InChI=1S/C20H32N2O3.ClH/c1-15(2)17-6-4-7-19(14-17)25-16(3)20(23)22-11-8-18(9-12-22)24-13-5-10-21;/h4,6-7,14-16,18H,5,8-13,21H2,1-3H3;1H. The monoisotopic (exact) mass is 384 g/mol. The van der Waals surface area contributed by atoms with Crippen molar-refractivity contribution < 1.29 is 14.3 Å². The van der Waals surface area contributed by atoms with E-state index in [1.54, 1.807) is 0 Å². The average molecular weight is 385 g/mol. The summed E-state index contributed by atoms with van der Waals surface area (Å²) in [6.45, 7) is 8.94. The van der Waals surface area contributed by atoms with Gasteiger partial charge in [-0.2, -0.15) is 0 Å². The SMILES string of the molecule is CC(Oc1cccc(C(C)C)c1)C(=O)N1CCC(OCCCN)CC1.Cl. The maximum absolute atomic E-state index is 12.6. The highest BCUT2D eigenvalue weighted by molar-refractivity contribution is 5.85. The van der Waals surface area contributed by atoms with Crippen molar-refractivity contribution in [1.82, 2.24) is 4.90 Å². The predicted octanol–water partition coefficient (Wildman–Crippen LogP) is 3.36. The summed E-state index contributed by atoms with van der Waals surface area (Å²) in [6.07, 6.45) is 2.42. The maximum Gasteiger partial charge on any atom is 0.263 e. The van der Waals surface area contributed by atoms with Crippen molar-refractivity contribution in [3.63, 3.8) is 0 Å². The normalized spacial score (nSPS) is 16.3. The van der Waals surface area contributed by atoms with Crippen LogP contribution < -0.4 is 10.5 Å². The molecule has 0 radical (unpaired) electrons. The number of nitrogens with two attached hydrogens (primary N) is 1. The Kier molecular flexibility index (Phi) is 9.99. The minimum absolute atomic E-state index is 0. The van der Waals surface area contributed by atoms with Crippen LogP contribution in [0.5, 0.6) is 5.75 Å². The van der Waals surface area contributed by atoms with Crippen LogP contribution in [0.2, 0.25) is 0 Å². The van der Waals surface area contributed by atoms with Crippen LogP contribution in [-0.4, -0.2) is 49.3 Å². The predicted molar refractivity (Wildman–Crippen MR) is 107 cm³/mol. The van der Waals surface area contributed by atoms with Gasteiger partial charge in [-0.3, -0.25) is 4.79 Å². The van der Waals surface area contributed by atoms with E-state index in [0.29, 0.717) is 19.1 Å². The van der Waals surface area contributed by atoms with Gasteiger partial charge in [0.1, 0.15) is 5.75 Å². The van der Waals surface area contributed by atoms with Crippen LogP contribution >= 0.6 is 12.4 Å². The molecule has 2 N–H and O–H groups in total. The fourth-order valence-corrected chi connectivity index (χ4v) is 3.03. The van der Waals surface area contributed by atoms with Gasteiger partial charge in [-0.25, -0.2) is 0 Å². The molecule has 148 valence electrons. The summed E-state index contributed by atoms with van der Waals surface area (Å²) in [4.78, 5) is 14.5. The maximum atomic E-state index is 12.6. The lowest BCUT2D eigenvalue weighted by molar-refractivity contribution is -0.140. The molecule has 1 aromatic carbocycles. The van der Waals surface area contributed by atoms with Gasteiger partial charge in [0, 0.05) is 19.7 Å². The molecule has 1 atom stereocenters. The zero-order chi connectivity index (χ0) is 18.2. The van der Waals surface area contributed by atoms with E-state index in [4.69, 9.17) is 15.2 Å². The summed E-state index contributed by atoms with van der Waals surface area (Å²) in [5.41, 5.74) is 6.70. The van der Waals surface area contributed by atoms with Gasteiger partial charge >= 0.3 is 0 Å². The summed E-state index contributed by atoms with van der Waals surface area (Å²) < 4.78 is 11.7. The average Bonchev–Trinajstić information content (AvgIpc) is 2.62. The molecule has 0 saturated carbocycles. The molecule has 1 aliphatic heterocycles. The summed E-state index contributed by atoms with van der Waals surface area (Å²) in [5.74, 6) is 1.25. The molecular weight excluding hydrogens is 352 g/mol. The molecule has 0 bridgehead atoms. The van der Waals surface area contributed by atoms with Crippen LogP contribution in [-0.2, 0) is 9.53 Å². The highest BCUT2D eigenvalue weighted by Gasteiger charge is 2.27. The first kappa shape index (κ1) is 22.7. The first-order chi connectivity index (χ1) is 12.0. The molecule has 1 saturated heterocycles. The molecule has 1 heterocycles. The Morgan fingerprint density at radius 2 is 1.96 bits per heavy atom. The Morgan fingerprint density at radius 3 is 2.58 bits per heavy atom. The molecule has 0 aliphatic carbocycles. The zero-order valence-electron chi connectivity index (χ0n) is 16.1. The van der Waals surface area contributed by atoms with Gasteiger partial charge in [0.25, 0.3) is 5.91 Å². The number of likely N-dealkylation sites (tertiary alicyclic amines) is 1. The minimum atomic E-state index is -0.475. The van der Waals surface area contributed by atoms with Crippen molar-refractivity contribution in [2.75, 3.05) is 26.2 Å². The molecule has 26 heavy (non-hydrogen) atoms. The van der Waals surface area contributed by atoms with Crippen LogP contribution in [0.3, 0.4) is 0 Å². The van der Waals surface area contributed by atoms with Crippen molar-refractivity contribution in [2.45, 2.75) is 58.2 Å². The lowest BCUT2D eigenvalue weighted by Gasteiger charge is -2.33. The van der Waals surface area contributed by atoms with E-state index in [0.717, 1.165) is 38.1 Å². The number of carbonyl (C=O) groups is 1. The second-order valence-corrected chi connectivity index (χ2v) is 7.02. The van der Waals surface area contributed by atoms with Gasteiger partial charge in [-0.15, -0.1) is 12.4 Å². The van der Waals surface area contributed by atoms with Crippen LogP contribution in [0.4, 0.5) is 0 Å². The molecule has 1 amide bonds. The summed E-state index contributed by atoms with van der Waals surface area (Å²) in [6, 6.07) is 7.99. The van der Waals surface area contributed by atoms with Gasteiger partial charge in [0.05, 0.1) is 6.10 Å². The molecule has 6 heteroatoms. The number of rotatable bonds is 8. The van der Waals surface area contributed by atoms with Crippen LogP contribution in [0.1, 0.15) is 51.5 Å². The smallest absolute Gasteiger partial charge is 0.263 e. The zero-order valence-corrected chi connectivity index (χ0v) is 17.0. The van der Waals surface area contributed by atoms with Crippen molar-refractivity contribution in [2.24, 2.45) is 5.73 Å². The fraction of sp³-hybridized carbons (Fsp3) is 0.650. The van der Waals surface area contributed by atoms with Crippen LogP contribution in [0.15, 0.2) is 24.3 Å². The fourth-order valence-electron chi connectivity index (χ4n) is 3.03. The molecule has 1 aromatic rings. The number of hydrogen-bond acceptors (Lipinski definition) is 4. The summed E-state index contributed by atoms with van der Waals surface area (Å²) >= 11 is 0. The molecule has 0 aromatic heterocycles. The molecule has 1 fully saturated rings. The minimum Gasteiger partial charge on any atom is -0.481 e. The highest BCUT2D eigenvalue weighted by Crippen LogP contribution is 2.22. The van der Waals surface area contributed by atoms with Gasteiger partial charge < -0.3 is 20.1 Å². The first-order valence-electron chi connectivity index (χ1n) is 9.38. The van der Waals surface area contributed by atoms with E-state index in [-0.39, 0.29) is 24.4 Å². The Balaban J connectivity index is 0.00000338. The Bertz CT molecular complexity index is 546. The molecule has 2 rings (SSSR count). The van der Waals surface area contributed by atoms with Gasteiger partial charge in [-0.05, 0) is 56.3 Å². The number of halogens is 1. The number of amides is 1. The molecule has 1 aliphatic rings. The Hall–Kier alpha value is -1.30. The highest BCUT2D eigenvalue weighted by atomic mass is 35.5. The summed E-state index contributed by atoms with van der Waals surface area (Å²) in [5, 5.41) is 0. The van der Waals surface area contributed by atoms with Crippen molar-refractivity contribution in [3.8, 4) is 5.75 Å². The van der Waals surface area contributed by atoms with Crippen LogP contribution in [0.25, 0.3) is 0 Å². The van der Waals surface area contributed by atoms with E-state index in [1.165, 1.54) is 5.56 Å². The molecule has 5 nitrogen and oxygen atoms in total. The molecule has 0 spiro atoms. The lowest BCUT2D eigenvalue weighted by atomic mass is 10.0. The third kappa shape index (κ3) is 6.78. The lowest BCUT2D eigenvalue weighted by Crippen LogP contribution is -2.46. The van der Waals surface area contributed by atoms with E-state index in [9.17, 15) is 4.79 Å². The largest absolute Gasteiger partial charge is 0.481 e. The third-order valence-corrected chi connectivity index (χ3v) is 4.64. The van der Waals surface area contributed by atoms with Gasteiger partial charge in [-0.1, -0.05) is 26.0 Å². The second kappa shape index (κ2) is 11.4. The van der Waals surface area contributed by atoms with E-state index < -0.39 is 6.10 Å². The third-order valence-electron chi connectivity index (χ3n) is 4.64. The number of nitrogens with zero attached hydrogens (tertiary/aromatic N) is 1. The quantitative estimate of drug-likeness (QED) is 0.698. The number of hydrogen-bond donors (Lipinski definition) is 1. The second-order valence-electron chi connectivity index (χ2n) is 7.02. The van der Waals surface area contributed by atoms with E-state index >= 15 is 0 Å². The Morgan fingerprint density at radius 1 is 1.27 bits per heavy atom. The number of piperidine rings is 1. The van der Waals surface area contributed by atoms with Crippen LogP contribution in [0, 0.1) is 0 Å². The van der Waals surface area contributed by atoms with Crippen molar-refractivity contribution in [3.05, 3.63) is 29.8 Å². The van der Waals surface area contributed by atoms with E-state index in [1.807, 2.05) is 30.0 Å². The molecule has 1 unspecified atom stereocenters.